The molecular formula is C13H14ClN3. The number of hydrogen-bond acceptors (Lipinski definition) is 3. The number of benzene rings is 1. The van der Waals surface area contributed by atoms with E-state index in [4.69, 9.17) is 17.3 Å². The predicted octanol–water partition coefficient (Wildman–Crippen LogP) is 2.81. The van der Waals surface area contributed by atoms with Gasteiger partial charge in [0.15, 0.2) is 0 Å². The van der Waals surface area contributed by atoms with E-state index >= 15 is 0 Å². The summed E-state index contributed by atoms with van der Waals surface area (Å²) in [6, 6.07) is 11.6. The third-order valence-corrected chi connectivity index (χ3v) is 2.69. The van der Waals surface area contributed by atoms with Crippen LogP contribution in [-0.2, 0) is 13.1 Å². The molecule has 0 saturated heterocycles. The predicted molar refractivity (Wildman–Crippen MR) is 70.9 cm³/mol. The molecule has 0 fully saturated rings. The number of anilines is 1. The van der Waals surface area contributed by atoms with Crippen molar-refractivity contribution in [3.63, 3.8) is 0 Å². The Labute approximate surface area is 106 Å². The molecule has 0 radical (unpaired) electrons. The highest BCUT2D eigenvalue weighted by Gasteiger charge is 1.96. The van der Waals surface area contributed by atoms with Crippen molar-refractivity contribution in [2.75, 3.05) is 5.32 Å². The molecule has 2 rings (SSSR count). The van der Waals surface area contributed by atoms with Crippen LogP contribution in [0, 0.1) is 0 Å². The highest BCUT2D eigenvalue weighted by Crippen LogP contribution is 2.14. The van der Waals surface area contributed by atoms with Crippen LogP contribution in [-0.4, -0.2) is 4.98 Å². The smallest absolute Gasteiger partial charge is 0.0539 e. The molecule has 3 N–H and O–H groups in total. The van der Waals surface area contributed by atoms with Crippen molar-refractivity contribution in [3.05, 3.63) is 58.9 Å². The van der Waals surface area contributed by atoms with E-state index in [0.29, 0.717) is 6.54 Å². The van der Waals surface area contributed by atoms with Crippen molar-refractivity contribution in [1.82, 2.24) is 4.98 Å². The SMILES string of the molecule is NCc1ccc(CNc2ccc(Cl)cc2)cn1. The number of aromatic nitrogens is 1. The van der Waals surface area contributed by atoms with E-state index in [-0.39, 0.29) is 0 Å². The van der Waals surface area contributed by atoms with Crippen molar-refractivity contribution < 1.29 is 0 Å². The summed E-state index contributed by atoms with van der Waals surface area (Å²) in [6.45, 7) is 1.21. The van der Waals surface area contributed by atoms with Gasteiger partial charge in [0.1, 0.15) is 0 Å². The summed E-state index contributed by atoms with van der Waals surface area (Å²) >= 11 is 5.81. The molecule has 2 aromatic rings. The molecule has 0 bridgehead atoms. The third kappa shape index (κ3) is 3.44. The van der Waals surface area contributed by atoms with Gasteiger partial charge in [0.25, 0.3) is 0 Å². The van der Waals surface area contributed by atoms with Crippen LogP contribution in [0.4, 0.5) is 5.69 Å². The van der Waals surface area contributed by atoms with E-state index < -0.39 is 0 Å². The standard InChI is InChI=1S/C13H14ClN3/c14-11-2-5-12(6-3-11)16-8-10-1-4-13(7-15)17-9-10/h1-6,9,16H,7-8,15H2. The van der Waals surface area contributed by atoms with Gasteiger partial charge in [-0.25, -0.2) is 0 Å². The lowest BCUT2D eigenvalue weighted by Crippen LogP contribution is -2.02. The summed E-state index contributed by atoms with van der Waals surface area (Å²) in [5, 5.41) is 4.04. The monoisotopic (exact) mass is 247 g/mol. The van der Waals surface area contributed by atoms with Crippen LogP contribution in [0.15, 0.2) is 42.6 Å². The Morgan fingerprint density at radius 2 is 1.88 bits per heavy atom. The van der Waals surface area contributed by atoms with E-state index in [1.807, 2.05) is 42.6 Å². The molecular weight excluding hydrogens is 234 g/mol. The highest BCUT2D eigenvalue weighted by atomic mass is 35.5. The number of rotatable bonds is 4. The van der Waals surface area contributed by atoms with E-state index in [1.165, 1.54) is 0 Å². The van der Waals surface area contributed by atoms with Crippen LogP contribution in [0.5, 0.6) is 0 Å². The first kappa shape index (κ1) is 11.9. The minimum atomic E-state index is 0.477. The summed E-state index contributed by atoms with van der Waals surface area (Å²) in [5.74, 6) is 0. The van der Waals surface area contributed by atoms with Crippen molar-refractivity contribution in [2.24, 2.45) is 5.73 Å². The Morgan fingerprint density at radius 1 is 1.12 bits per heavy atom. The van der Waals surface area contributed by atoms with Gasteiger partial charge in [0.2, 0.25) is 0 Å². The zero-order chi connectivity index (χ0) is 12.1. The topological polar surface area (TPSA) is 50.9 Å². The summed E-state index contributed by atoms with van der Waals surface area (Å²) in [6.07, 6.45) is 1.84. The number of nitrogens with one attached hydrogen (secondary N) is 1. The zero-order valence-electron chi connectivity index (χ0n) is 9.36. The number of pyridine rings is 1. The normalized spacial score (nSPS) is 10.2. The van der Waals surface area contributed by atoms with Crippen molar-refractivity contribution in [1.29, 1.82) is 0 Å². The zero-order valence-corrected chi connectivity index (χ0v) is 10.1. The fraction of sp³-hybridized carbons (Fsp3) is 0.154. The number of halogens is 1. The molecule has 17 heavy (non-hydrogen) atoms. The van der Waals surface area contributed by atoms with Crippen molar-refractivity contribution in [3.8, 4) is 0 Å². The minimum absolute atomic E-state index is 0.477. The Hall–Kier alpha value is -1.58. The van der Waals surface area contributed by atoms with Gasteiger partial charge in [-0.2, -0.15) is 0 Å². The number of nitrogens with two attached hydrogens (primary N) is 1. The maximum absolute atomic E-state index is 5.81. The Kier molecular flexibility index (Phi) is 3.96. The first-order valence-corrected chi connectivity index (χ1v) is 5.79. The molecule has 0 aliphatic carbocycles. The minimum Gasteiger partial charge on any atom is -0.381 e. The summed E-state index contributed by atoms with van der Waals surface area (Å²) < 4.78 is 0. The van der Waals surface area contributed by atoms with E-state index in [2.05, 4.69) is 10.3 Å². The molecule has 0 unspecified atom stereocenters. The average molecular weight is 248 g/mol. The van der Waals surface area contributed by atoms with Crippen LogP contribution >= 0.6 is 11.6 Å². The number of hydrogen-bond donors (Lipinski definition) is 2. The molecule has 4 heteroatoms. The van der Waals surface area contributed by atoms with Gasteiger partial charge in [-0.3, -0.25) is 4.98 Å². The molecule has 0 amide bonds. The maximum Gasteiger partial charge on any atom is 0.0539 e. The van der Waals surface area contributed by atoms with Crippen LogP contribution in [0.2, 0.25) is 5.02 Å². The lowest BCUT2D eigenvalue weighted by molar-refractivity contribution is 0.973. The van der Waals surface area contributed by atoms with Crippen LogP contribution in [0.3, 0.4) is 0 Å². The molecule has 1 aromatic carbocycles. The second-order valence-corrected chi connectivity index (χ2v) is 4.16. The Morgan fingerprint density at radius 3 is 2.47 bits per heavy atom. The van der Waals surface area contributed by atoms with Gasteiger partial charge >= 0.3 is 0 Å². The Bertz CT molecular complexity index is 465. The van der Waals surface area contributed by atoms with Gasteiger partial charge in [-0.1, -0.05) is 17.7 Å². The van der Waals surface area contributed by atoms with Gasteiger partial charge < -0.3 is 11.1 Å². The highest BCUT2D eigenvalue weighted by molar-refractivity contribution is 6.30. The second-order valence-electron chi connectivity index (χ2n) is 3.72. The van der Waals surface area contributed by atoms with Crippen molar-refractivity contribution in [2.45, 2.75) is 13.1 Å². The molecule has 1 aromatic heterocycles. The second kappa shape index (κ2) is 5.66. The number of nitrogens with zero attached hydrogens (tertiary/aromatic N) is 1. The largest absolute Gasteiger partial charge is 0.381 e. The van der Waals surface area contributed by atoms with Crippen molar-refractivity contribution >= 4 is 17.3 Å². The molecule has 0 saturated carbocycles. The summed E-state index contributed by atoms with van der Waals surface area (Å²) in [4.78, 5) is 4.24. The molecule has 0 spiro atoms. The van der Waals surface area contributed by atoms with E-state index in [0.717, 1.165) is 28.5 Å². The fourth-order valence-corrected chi connectivity index (χ4v) is 1.58. The quantitative estimate of drug-likeness (QED) is 0.874. The fourth-order valence-electron chi connectivity index (χ4n) is 1.45. The molecule has 0 atom stereocenters. The molecule has 3 nitrogen and oxygen atoms in total. The van der Waals surface area contributed by atoms with Crippen LogP contribution < -0.4 is 11.1 Å². The third-order valence-electron chi connectivity index (χ3n) is 2.44. The lowest BCUT2D eigenvalue weighted by atomic mass is 10.2. The molecule has 0 aliphatic heterocycles. The van der Waals surface area contributed by atoms with Gasteiger partial charge in [0.05, 0.1) is 5.69 Å². The lowest BCUT2D eigenvalue weighted by Gasteiger charge is -2.06. The first-order valence-electron chi connectivity index (χ1n) is 5.41. The van der Waals surface area contributed by atoms with Gasteiger partial charge in [0, 0.05) is 30.0 Å². The molecule has 0 aliphatic rings. The van der Waals surface area contributed by atoms with Gasteiger partial charge in [-0.15, -0.1) is 0 Å². The Balaban J connectivity index is 1.95. The molecule has 88 valence electrons. The van der Waals surface area contributed by atoms with E-state index in [1.54, 1.807) is 0 Å². The van der Waals surface area contributed by atoms with Gasteiger partial charge in [-0.05, 0) is 35.9 Å². The van der Waals surface area contributed by atoms with E-state index in [9.17, 15) is 0 Å². The average Bonchev–Trinajstić information content (AvgIpc) is 2.39. The first-order chi connectivity index (χ1) is 8.28. The van der Waals surface area contributed by atoms with Crippen LogP contribution in [0.25, 0.3) is 0 Å². The molecule has 1 heterocycles. The van der Waals surface area contributed by atoms with Crippen LogP contribution in [0.1, 0.15) is 11.3 Å². The summed E-state index contributed by atoms with van der Waals surface area (Å²) in [5.41, 5.74) is 8.55. The summed E-state index contributed by atoms with van der Waals surface area (Å²) in [7, 11) is 0. The maximum atomic E-state index is 5.81.